The third-order valence-electron chi connectivity index (χ3n) is 3.00. The first-order valence-corrected chi connectivity index (χ1v) is 5.97. The van der Waals surface area contributed by atoms with Crippen molar-refractivity contribution in [3.8, 4) is 5.75 Å². The van der Waals surface area contributed by atoms with Crippen molar-refractivity contribution in [1.29, 1.82) is 0 Å². The van der Waals surface area contributed by atoms with Crippen LogP contribution in [0.5, 0.6) is 5.75 Å². The maximum Gasteiger partial charge on any atom is 0.255 e. The van der Waals surface area contributed by atoms with Crippen LogP contribution in [0.3, 0.4) is 0 Å². The van der Waals surface area contributed by atoms with Crippen molar-refractivity contribution in [2.45, 2.75) is 31.8 Å². The van der Waals surface area contributed by atoms with Crippen molar-refractivity contribution in [3.05, 3.63) is 29.8 Å². The summed E-state index contributed by atoms with van der Waals surface area (Å²) in [5.74, 6) is 0.219. The van der Waals surface area contributed by atoms with Crippen molar-refractivity contribution < 1.29 is 9.53 Å². The van der Waals surface area contributed by atoms with E-state index in [0.717, 1.165) is 6.54 Å². The van der Waals surface area contributed by atoms with Gasteiger partial charge in [-0.1, -0.05) is 18.6 Å². The van der Waals surface area contributed by atoms with E-state index in [1.807, 2.05) is 24.3 Å². The van der Waals surface area contributed by atoms with Crippen LogP contribution in [0.25, 0.3) is 0 Å². The number of carbonyl (C=O) groups excluding carboxylic acids is 1. The van der Waals surface area contributed by atoms with E-state index >= 15 is 0 Å². The molecule has 3 N–H and O–H groups in total. The number of nitrogens with two attached hydrogens (primary N) is 1. The molecule has 92 valence electrons. The molecule has 4 heteroatoms. The molecule has 1 saturated carbocycles. The number of hydrogen-bond acceptors (Lipinski definition) is 3. The van der Waals surface area contributed by atoms with Gasteiger partial charge in [0.1, 0.15) is 5.75 Å². The SMILES string of the molecule is NC(=O)COc1ccc(CNC2CCC2)cc1. The number of benzene rings is 1. The molecular weight excluding hydrogens is 216 g/mol. The van der Waals surface area contributed by atoms with E-state index in [1.165, 1.54) is 24.8 Å². The Kier molecular flexibility index (Phi) is 3.98. The predicted molar refractivity (Wildman–Crippen MR) is 65.6 cm³/mol. The molecule has 1 aliphatic rings. The Balaban J connectivity index is 1.77. The van der Waals surface area contributed by atoms with E-state index in [0.29, 0.717) is 11.8 Å². The summed E-state index contributed by atoms with van der Waals surface area (Å²) in [5, 5.41) is 3.49. The Morgan fingerprint density at radius 1 is 1.35 bits per heavy atom. The molecule has 0 bridgehead atoms. The highest BCUT2D eigenvalue weighted by molar-refractivity contribution is 5.75. The molecule has 1 aromatic carbocycles. The number of amides is 1. The molecule has 0 spiro atoms. The van der Waals surface area contributed by atoms with Crippen LogP contribution in [0.4, 0.5) is 0 Å². The smallest absolute Gasteiger partial charge is 0.255 e. The van der Waals surface area contributed by atoms with E-state index in [9.17, 15) is 4.79 Å². The second kappa shape index (κ2) is 5.68. The Labute approximate surface area is 101 Å². The van der Waals surface area contributed by atoms with Crippen LogP contribution in [0.1, 0.15) is 24.8 Å². The number of carbonyl (C=O) groups is 1. The quantitative estimate of drug-likeness (QED) is 0.777. The first-order valence-electron chi connectivity index (χ1n) is 5.97. The van der Waals surface area contributed by atoms with Crippen LogP contribution in [0.2, 0.25) is 0 Å². The van der Waals surface area contributed by atoms with Crippen LogP contribution in [0.15, 0.2) is 24.3 Å². The second-order valence-electron chi connectivity index (χ2n) is 4.41. The lowest BCUT2D eigenvalue weighted by molar-refractivity contribution is -0.119. The summed E-state index contributed by atoms with van der Waals surface area (Å²) in [5.41, 5.74) is 6.22. The molecule has 0 unspecified atom stereocenters. The summed E-state index contributed by atoms with van der Waals surface area (Å²) in [6, 6.07) is 8.42. The highest BCUT2D eigenvalue weighted by Crippen LogP contribution is 2.19. The molecule has 0 heterocycles. The molecule has 4 nitrogen and oxygen atoms in total. The molecule has 17 heavy (non-hydrogen) atoms. The van der Waals surface area contributed by atoms with E-state index in [2.05, 4.69) is 5.32 Å². The fourth-order valence-electron chi connectivity index (χ4n) is 1.73. The van der Waals surface area contributed by atoms with E-state index < -0.39 is 5.91 Å². The van der Waals surface area contributed by atoms with Crippen LogP contribution >= 0.6 is 0 Å². The molecule has 0 aromatic heterocycles. The second-order valence-corrected chi connectivity index (χ2v) is 4.41. The summed E-state index contributed by atoms with van der Waals surface area (Å²) in [6.45, 7) is 0.820. The third kappa shape index (κ3) is 3.75. The topological polar surface area (TPSA) is 64.4 Å². The zero-order valence-corrected chi connectivity index (χ0v) is 9.82. The monoisotopic (exact) mass is 234 g/mol. The highest BCUT2D eigenvalue weighted by atomic mass is 16.5. The van der Waals surface area contributed by atoms with Gasteiger partial charge in [-0.3, -0.25) is 4.79 Å². The van der Waals surface area contributed by atoms with E-state index in [1.54, 1.807) is 0 Å². The zero-order chi connectivity index (χ0) is 12.1. The molecule has 0 saturated heterocycles. The first kappa shape index (κ1) is 11.9. The number of ether oxygens (including phenoxy) is 1. The summed E-state index contributed by atoms with van der Waals surface area (Å²) in [6.07, 6.45) is 3.93. The fourth-order valence-corrected chi connectivity index (χ4v) is 1.73. The average Bonchev–Trinajstić information content (AvgIpc) is 2.26. The van der Waals surface area contributed by atoms with Gasteiger partial charge in [0.25, 0.3) is 5.91 Å². The minimum Gasteiger partial charge on any atom is -0.484 e. The molecule has 1 aliphatic carbocycles. The van der Waals surface area contributed by atoms with Gasteiger partial charge in [-0.05, 0) is 30.5 Å². The molecule has 1 fully saturated rings. The summed E-state index contributed by atoms with van der Waals surface area (Å²) in [7, 11) is 0. The standard InChI is InChI=1S/C13H18N2O2/c14-13(16)9-17-12-6-4-10(5-7-12)8-15-11-2-1-3-11/h4-7,11,15H,1-3,8-9H2,(H2,14,16). The van der Waals surface area contributed by atoms with Crippen molar-refractivity contribution in [2.75, 3.05) is 6.61 Å². The average molecular weight is 234 g/mol. The van der Waals surface area contributed by atoms with Crippen molar-refractivity contribution in [2.24, 2.45) is 5.73 Å². The van der Waals surface area contributed by atoms with Gasteiger partial charge in [-0.15, -0.1) is 0 Å². The maximum atomic E-state index is 10.5. The Hall–Kier alpha value is -1.55. The van der Waals surface area contributed by atoms with Crippen molar-refractivity contribution in [3.63, 3.8) is 0 Å². The van der Waals surface area contributed by atoms with E-state index in [-0.39, 0.29) is 6.61 Å². The molecule has 0 aliphatic heterocycles. The zero-order valence-electron chi connectivity index (χ0n) is 9.82. The normalized spacial score (nSPS) is 15.3. The van der Waals surface area contributed by atoms with Crippen molar-refractivity contribution >= 4 is 5.91 Å². The van der Waals surface area contributed by atoms with Crippen LogP contribution in [0, 0.1) is 0 Å². The minimum atomic E-state index is -0.458. The summed E-state index contributed by atoms with van der Waals surface area (Å²) < 4.78 is 5.19. The largest absolute Gasteiger partial charge is 0.484 e. The molecular formula is C13H18N2O2. The summed E-state index contributed by atoms with van der Waals surface area (Å²) >= 11 is 0. The Morgan fingerprint density at radius 2 is 2.06 bits per heavy atom. The molecule has 1 amide bonds. The van der Waals surface area contributed by atoms with Gasteiger partial charge < -0.3 is 15.8 Å². The van der Waals surface area contributed by atoms with Gasteiger partial charge in [0.2, 0.25) is 0 Å². The van der Waals surface area contributed by atoms with Gasteiger partial charge in [0, 0.05) is 12.6 Å². The van der Waals surface area contributed by atoms with Crippen LogP contribution < -0.4 is 15.8 Å². The minimum absolute atomic E-state index is 0.0698. The molecule has 1 aromatic rings. The fraction of sp³-hybridized carbons (Fsp3) is 0.462. The number of hydrogen-bond donors (Lipinski definition) is 2. The molecule has 0 atom stereocenters. The predicted octanol–water partition coefficient (Wildman–Crippen LogP) is 1.19. The number of nitrogens with one attached hydrogen (secondary N) is 1. The third-order valence-corrected chi connectivity index (χ3v) is 3.00. The lowest BCUT2D eigenvalue weighted by atomic mass is 9.93. The van der Waals surface area contributed by atoms with Crippen molar-refractivity contribution in [1.82, 2.24) is 5.32 Å². The maximum absolute atomic E-state index is 10.5. The number of rotatable bonds is 6. The molecule has 2 rings (SSSR count). The lowest BCUT2D eigenvalue weighted by Gasteiger charge is -2.26. The summed E-state index contributed by atoms with van der Waals surface area (Å²) in [4.78, 5) is 10.5. The lowest BCUT2D eigenvalue weighted by Crippen LogP contribution is -2.34. The molecule has 0 radical (unpaired) electrons. The Morgan fingerprint density at radius 3 is 2.59 bits per heavy atom. The van der Waals surface area contributed by atoms with Crippen LogP contribution in [-0.4, -0.2) is 18.6 Å². The van der Waals surface area contributed by atoms with Gasteiger partial charge >= 0.3 is 0 Å². The van der Waals surface area contributed by atoms with Gasteiger partial charge in [-0.25, -0.2) is 0 Å². The van der Waals surface area contributed by atoms with Crippen LogP contribution in [-0.2, 0) is 11.3 Å². The Bertz CT molecular complexity index is 372. The number of primary amides is 1. The van der Waals surface area contributed by atoms with Gasteiger partial charge in [0.05, 0.1) is 0 Å². The van der Waals surface area contributed by atoms with E-state index in [4.69, 9.17) is 10.5 Å². The first-order chi connectivity index (χ1) is 8.24. The van der Waals surface area contributed by atoms with Gasteiger partial charge in [-0.2, -0.15) is 0 Å². The highest BCUT2D eigenvalue weighted by Gasteiger charge is 2.15. The van der Waals surface area contributed by atoms with Gasteiger partial charge in [0.15, 0.2) is 6.61 Å².